The molecule has 1 aromatic heterocycles. The molecule has 2 N–H and O–H groups in total. The summed E-state index contributed by atoms with van der Waals surface area (Å²) < 4.78 is 4.37. The van der Waals surface area contributed by atoms with Crippen molar-refractivity contribution in [3.63, 3.8) is 0 Å². The van der Waals surface area contributed by atoms with Gasteiger partial charge in [0.2, 0.25) is 5.76 Å². The highest BCUT2D eigenvalue weighted by atomic mass is 35.5. The zero-order chi connectivity index (χ0) is 5.98. The fraction of sp³-hybridized carbons (Fsp3) is 0. The van der Waals surface area contributed by atoms with E-state index >= 15 is 0 Å². The van der Waals surface area contributed by atoms with E-state index in [4.69, 9.17) is 5.73 Å². The van der Waals surface area contributed by atoms with Gasteiger partial charge in [-0.1, -0.05) is 5.16 Å². The molecule has 0 unspecified atom stereocenters. The van der Waals surface area contributed by atoms with Crippen molar-refractivity contribution in [1.29, 1.82) is 0 Å². The van der Waals surface area contributed by atoms with E-state index in [0.29, 0.717) is 0 Å². The molecule has 1 aromatic rings. The van der Waals surface area contributed by atoms with Crippen LogP contribution in [-0.2, 0) is 0 Å². The van der Waals surface area contributed by atoms with E-state index in [-0.39, 0.29) is 18.2 Å². The van der Waals surface area contributed by atoms with Crippen LogP contribution in [0.15, 0.2) is 16.8 Å². The first-order valence-corrected chi connectivity index (χ1v) is 2.01. The Bertz CT molecular complexity index is 184. The average molecular weight is 149 g/mol. The van der Waals surface area contributed by atoms with E-state index in [2.05, 4.69) is 9.68 Å². The Labute approximate surface area is 57.4 Å². The molecule has 0 radical (unpaired) electrons. The lowest BCUT2D eigenvalue weighted by atomic mass is 10.5. The highest BCUT2D eigenvalue weighted by Gasteiger charge is 2.00. The number of halogens is 1. The van der Waals surface area contributed by atoms with E-state index in [9.17, 15) is 4.79 Å². The van der Waals surface area contributed by atoms with Crippen LogP contribution in [0.25, 0.3) is 0 Å². The number of carbonyl (C=O) groups excluding carboxylic acids is 1. The van der Waals surface area contributed by atoms with Crippen molar-refractivity contribution in [3.8, 4) is 0 Å². The second kappa shape index (κ2) is 3.09. The van der Waals surface area contributed by atoms with E-state index < -0.39 is 5.91 Å². The van der Waals surface area contributed by atoms with Crippen molar-refractivity contribution in [1.82, 2.24) is 5.16 Å². The summed E-state index contributed by atoms with van der Waals surface area (Å²) in [5.41, 5.74) is 4.79. The van der Waals surface area contributed by atoms with Gasteiger partial charge in [0.1, 0.15) is 0 Å². The zero-order valence-corrected chi connectivity index (χ0v) is 5.22. The van der Waals surface area contributed by atoms with Gasteiger partial charge in [0.25, 0.3) is 5.91 Å². The molecule has 0 aromatic carbocycles. The van der Waals surface area contributed by atoms with Gasteiger partial charge in [-0.05, 0) is 0 Å². The maximum absolute atomic E-state index is 10.2. The fourth-order valence-electron chi connectivity index (χ4n) is 0.343. The maximum Gasteiger partial charge on any atom is 0.287 e. The summed E-state index contributed by atoms with van der Waals surface area (Å²) in [5.74, 6) is -0.507. The predicted molar refractivity (Wildman–Crippen MR) is 32.3 cm³/mol. The van der Waals surface area contributed by atoms with E-state index in [1.165, 1.54) is 12.3 Å². The first kappa shape index (κ1) is 7.97. The monoisotopic (exact) mass is 148 g/mol. The normalized spacial score (nSPS) is 8.00. The standard InChI is InChI=1S/C4H4N2O2.ClH/c5-4(7)3-1-2-6-8-3;/h1-2H,(H2,5,7);1H. The average Bonchev–Trinajstić information content (AvgIpc) is 2.12. The summed E-state index contributed by atoms with van der Waals surface area (Å²) in [7, 11) is 0. The maximum atomic E-state index is 10.2. The van der Waals surface area contributed by atoms with Crippen LogP contribution >= 0.6 is 12.4 Å². The van der Waals surface area contributed by atoms with Crippen molar-refractivity contribution in [2.75, 3.05) is 0 Å². The fourth-order valence-corrected chi connectivity index (χ4v) is 0.343. The van der Waals surface area contributed by atoms with Crippen LogP contribution < -0.4 is 5.73 Å². The van der Waals surface area contributed by atoms with Gasteiger partial charge in [0.15, 0.2) is 0 Å². The van der Waals surface area contributed by atoms with Gasteiger partial charge in [0.05, 0.1) is 6.20 Å². The number of amides is 1. The first-order chi connectivity index (χ1) is 3.80. The Morgan fingerprint density at radius 1 is 1.78 bits per heavy atom. The molecule has 4 nitrogen and oxygen atoms in total. The Hall–Kier alpha value is -1.03. The molecule has 0 spiro atoms. The van der Waals surface area contributed by atoms with Crippen molar-refractivity contribution >= 4 is 18.3 Å². The van der Waals surface area contributed by atoms with Gasteiger partial charge in [-0.2, -0.15) is 0 Å². The summed E-state index contributed by atoms with van der Waals surface area (Å²) in [6.07, 6.45) is 1.36. The number of rotatable bonds is 1. The van der Waals surface area contributed by atoms with Crippen LogP contribution in [-0.4, -0.2) is 11.1 Å². The third-order valence-electron chi connectivity index (χ3n) is 0.681. The van der Waals surface area contributed by atoms with Gasteiger partial charge in [0, 0.05) is 6.07 Å². The molecule has 0 aliphatic heterocycles. The molecule has 0 saturated carbocycles. The molecule has 0 atom stereocenters. The highest BCUT2D eigenvalue weighted by Crippen LogP contribution is 1.91. The lowest BCUT2D eigenvalue weighted by molar-refractivity contribution is 0.0965. The van der Waals surface area contributed by atoms with Crippen molar-refractivity contribution in [2.45, 2.75) is 0 Å². The Kier molecular flexibility index (Phi) is 2.73. The zero-order valence-electron chi connectivity index (χ0n) is 4.40. The molecule has 0 aliphatic rings. The smallest absolute Gasteiger partial charge is 0.287 e. The van der Waals surface area contributed by atoms with Crippen LogP contribution in [0, 0.1) is 0 Å². The molecular formula is C4H5ClN2O2. The molecule has 1 heterocycles. The SMILES string of the molecule is Cl.NC(=O)c1ccno1. The Balaban J connectivity index is 0.000000640. The highest BCUT2D eigenvalue weighted by molar-refractivity contribution is 5.89. The molecule has 1 rings (SSSR count). The van der Waals surface area contributed by atoms with Crippen molar-refractivity contribution < 1.29 is 9.32 Å². The number of aromatic nitrogens is 1. The van der Waals surface area contributed by atoms with Crippen molar-refractivity contribution in [3.05, 3.63) is 18.0 Å². The number of carbonyl (C=O) groups is 1. The second-order valence-corrected chi connectivity index (χ2v) is 1.24. The van der Waals surface area contributed by atoms with Gasteiger partial charge in [-0.3, -0.25) is 4.79 Å². The van der Waals surface area contributed by atoms with E-state index in [1.54, 1.807) is 0 Å². The third-order valence-corrected chi connectivity index (χ3v) is 0.681. The molecule has 5 heteroatoms. The second-order valence-electron chi connectivity index (χ2n) is 1.24. The minimum atomic E-state index is -0.595. The molecule has 50 valence electrons. The van der Waals surface area contributed by atoms with Crippen LogP contribution in [0.3, 0.4) is 0 Å². The molecule has 9 heavy (non-hydrogen) atoms. The number of hydrogen-bond donors (Lipinski definition) is 1. The number of nitrogens with zero attached hydrogens (tertiary/aromatic N) is 1. The van der Waals surface area contributed by atoms with Gasteiger partial charge >= 0.3 is 0 Å². The summed E-state index contributed by atoms with van der Waals surface area (Å²) >= 11 is 0. The van der Waals surface area contributed by atoms with Crippen LogP contribution in [0.2, 0.25) is 0 Å². The molecule has 0 fully saturated rings. The minimum Gasteiger partial charge on any atom is -0.363 e. The quantitative estimate of drug-likeness (QED) is 0.618. The van der Waals surface area contributed by atoms with Gasteiger partial charge in [-0.25, -0.2) is 0 Å². The molecule has 0 saturated heterocycles. The molecule has 0 bridgehead atoms. The topological polar surface area (TPSA) is 69.1 Å². The lowest BCUT2D eigenvalue weighted by Crippen LogP contribution is -2.09. The Morgan fingerprint density at radius 2 is 2.44 bits per heavy atom. The molecular weight excluding hydrogens is 144 g/mol. The van der Waals surface area contributed by atoms with Gasteiger partial charge < -0.3 is 10.3 Å². The summed E-state index contributed by atoms with van der Waals surface area (Å²) in [4.78, 5) is 10.2. The summed E-state index contributed by atoms with van der Waals surface area (Å²) in [5, 5.41) is 3.27. The van der Waals surface area contributed by atoms with Crippen LogP contribution in [0.4, 0.5) is 0 Å². The van der Waals surface area contributed by atoms with Crippen molar-refractivity contribution in [2.24, 2.45) is 5.73 Å². The lowest BCUT2D eigenvalue weighted by Gasteiger charge is -1.78. The predicted octanol–water partition coefficient (Wildman–Crippen LogP) is 0.195. The number of primary amides is 1. The number of hydrogen-bond acceptors (Lipinski definition) is 3. The van der Waals surface area contributed by atoms with Gasteiger partial charge in [-0.15, -0.1) is 12.4 Å². The largest absolute Gasteiger partial charge is 0.363 e. The first-order valence-electron chi connectivity index (χ1n) is 2.01. The Morgan fingerprint density at radius 3 is 2.67 bits per heavy atom. The van der Waals surface area contributed by atoms with E-state index in [1.807, 2.05) is 0 Å². The molecule has 1 amide bonds. The number of nitrogens with two attached hydrogens (primary N) is 1. The van der Waals surface area contributed by atoms with Crippen LogP contribution in [0.5, 0.6) is 0 Å². The van der Waals surface area contributed by atoms with E-state index in [0.717, 1.165) is 0 Å². The molecule has 0 aliphatic carbocycles. The van der Waals surface area contributed by atoms with Crippen LogP contribution in [0.1, 0.15) is 10.6 Å². The summed E-state index contributed by atoms with van der Waals surface area (Å²) in [6.45, 7) is 0. The minimum absolute atomic E-state index is 0. The third kappa shape index (κ3) is 1.73. The summed E-state index contributed by atoms with van der Waals surface area (Å²) in [6, 6.07) is 1.41.